The van der Waals surface area contributed by atoms with Crippen LogP contribution in [0.2, 0.25) is 10.0 Å². The molecule has 0 aromatic heterocycles. The quantitative estimate of drug-likeness (QED) is 0.744. The number of nitrogens with two attached hydrogens (primary N) is 1. The minimum Gasteiger partial charge on any atom is -0.397 e. The summed E-state index contributed by atoms with van der Waals surface area (Å²) in [6, 6.07) is 3.37. The molecule has 0 bridgehead atoms. The molecule has 0 spiro atoms. The molecule has 4 N–H and O–H groups in total. The summed E-state index contributed by atoms with van der Waals surface area (Å²) < 4.78 is 0. The van der Waals surface area contributed by atoms with Crippen LogP contribution in [0.5, 0.6) is 0 Å². The molecule has 0 heterocycles. The standard InChI is InChI=1S/C13H18Cl2N2O/c14-9-6-11(16)12(7-10(9)15)17-13(8-18)4-2-1-3-5-13/h6-7,17-18H,1-5,8,16H2. The van der Waals surface area contributed by atoms with Crippen LogP contribution in [-0.2, 0) is 0 Å². The maximum Gasteiger partial charge on any atom is 0.0661 e. The van der Waals surface area contributed by atoms with Gasteiger partial charge in [0.15, 0.2) is 0 Å². The number of hydrogen-bond donors (Lipinski definition) is 3. The van der Waals surface area contributed by atoms with Gasteiger partial charge in [0.25, 0.3) is 0 Å². The van der Waals surface area contributed by atoms with Crippen molar-refractivity contribution in [2.24, 2.45) is 0 Å². The number of halogens is 2. The topological polar surface area (TPSA) is 58.3 Å². The molecule has 0 amide bonds. The van der Waals surface area contributed by atoms with Crippen LogP contribution in [0.4, 0.5) is 11.4 Å². The molecule has 0 atom stereocenters. The van der Waals surface area contributed by atoms with Gasteiger partial charge in [0, 0.05) is 0 Å². The Morgan fingerprint density at radius 1 is 1.17 bits per heavy atom. The zero-order valence-corrected chi connectivity index (χ0v) is 11.7. The van der Waals surface area contributed by atoms with Crippen molar-refractivity contribution >= 4 is 34.6 Å². The molecule has 1 aromatic carbocycles. The lowest BCUT2D eigenvalue weighted by molar-refractivity contribution is 0.173. The SMILES string of the molecule is Nc1cc(Cl)c(Cl)cc1NC1(CO)CCCCC1. The van der Waals surface area contributed by atoms with E-state index in [-0.39, 0.29) is 12.1 Å². The van der Waals surface area contributed by atoms with Crippen molar-refractivity contribution < 1.29 is 5.11 Å². The van der Waals surface area contributed by atoms with Crippen molar-refractivity contribution in [3.63, 3.8) is 0 Å². The van der Waals surface area contributed by atoms with Crippen molar-refractivity contribution in [2.75, 3.05) is 17.7 Å². The fourth-order valence-electron chi connectivity index (χ4n) is 2.51. The number of nitrogen functional groups attached to an aromatic ring is 1. The highest BCUT2D eigenvalue weighted by molar-refractivity contribution is 6.42. The smallest absolute Gasteiger partial charge is 0.0661 e. The lowest BCUT2D eigenvalue weighted by Gasteiger charge is -2.37. The average molecular weight is 289 g/mol. The van der Waals surface area contributed by atoms with Crippen LogP contribution in [0.25, 0.3) is 0 Å². The summed E-state index contributed by atoms with van der Waals surface area (Å²) in [5.74, 6) is 0. The molecule has 0 unspecified atom stereocenters. The molecule has 1 fully saturated rings. The van der Waals surface area contributed by atoms with Gasteiger partial charge >= 0.3 is 0 Å². The number of rotatable bonds is 3. The predicted molar refractivity (Wildman–Crippen MR) is 77.4 cm³/mol. The van der Waals surface area contributed by atoms with E-state index in [1.807, 2.05) is 0 Å². The Hall–Kier alpha value is -0.640. The van der Waals surface area contributed by atoms with E-state index in [1.54, 1.807) is 12.1 Å². The Bertz CT molecular complexity index is 431. The highest BCUT2D eigenvalue weighted by Crippen LogP contribution is 2.36. The van der Waals surface area contributed by atoms with E-state index >= 15 is 0 Å². The van der Waals surface area contributed by atoms with Crippen LogP contribution in [0.15, 0.2) is 12.1 Å². The largest absolute Gasteiger partial charge is 0.397 e. The molecular weight excluding hydrogens is 271 g/mol. The Labute approximate surface area is 117 Å². The highest BCUT2D eigenvalue weighted by atomic mass is 35.5. The van der Waals surface area contributed by atoms with Gasteiger partial charge < -0.3 is 16.2 Å². The van der Waals surface area contributed by atoms with Crippen LogP contribution >= 0.6 is 23.2 Å². The summed E-state index contributed by atoms with van der Waals surface area (Å²) >= 11 is 11.9. The van der Waals surface area contributed by atoms with E-state index in [4.69, 9.17) is 28.9 Å². The van der Waals surface area contributed by atoms with Crippen LogP contribution in [-0.4, -0.2) is 17.3 Å². The molecule has 3 nitrogen and oxygen atoms in total. The maximum absolute atomic E-state index is 9.66. The first-order valence-electron chi connectivity index (χ1n) is 6.20. The number of nitrogens with one attached hydrogen (secondary N) is 1. The summed E-state index contributed by atoms with van der Waals surface area (Å²) in [6.45, 7) is 0.104. The summed E-state index contributed by atoms with van der Waals surface area (Å²) in [5.41, 5.74) is 6.97. The number of aliphatic hydroxyl groups is 1. The lowest BCUT2D eigenvalue weighted by Crippen LogP contribution is -2.44. The Kier molecular flexibility index (Phi) is 4.25. The maximum atomic E-state index is 9.66. The molecule has 2 rings (SSSR count). The fraction of sp³-hybridized carbons (Fsp3) is 0.538. The first-order valence-corrected chi connectivity index (χ1v) is 6.95. The number of hydrogen-bond acceptors (Lipinski definition) is 3. The van der Waals surface area contributed by atoms with E-state index in [0.29, 0.717) is 15.7 Å². The molecule has 100 valence electrons. The lowest BCUT2D eigenvalue weighted by atomic mass is 9.82. The second-order valence-electron chi connectivity index (χ2n) is 4.98. The normalized spacial score (nSPS) is 18.6. The molecular formula is C13H18Cl2N2O. The molecule has 1 aromatic rings. The van der Waals surface area contributed by atoms with Gasteiger partial charge in [-0.05, 0) is 25.0 Å². The van der Waals surface area contributed by atoms with Gasteiger partial charge in [-0.1, -0.05) is 42.5 Å². The summed E-state index contributed by atoms with van der Waals surface area (Å²) in [4.78, 5) is 0. The van der Waals surface area contributed by atoms with Gasteiger partial charge in [0.1, 0.15) is 0 Å². The highest BCUT2D eigenvalue weighted by Gasteiger charge is 2.31. The van der Waals surface area contributed by atoms with E-state index < -0.39 is 0 Å². The Morgan fingerprint density at radius 3 is 2.39 bits per heavy atom. The molecule has 0 radical (unpaired) electrons. The van der Waals surface area contributed by atoms with Crippen molar-refractivity contribution in [1.29, 1.82) is 0 Å². The molecule has 1 aliphatic rings. The molecule has 0 aliphatic heterocycles. The van der Waals surface area contributed by atoms with Crippen LogP contribution in [0.1, 0.15) is 32.1 Å². The van der Waals surface area contributed by atoms with Crippen molar-refractivity contribution in [1.82, 2.24) is 0 Å². The van der Waals surface area contributed by atoms with Gasteiger partial charge in [0.2, 0.25) is 0 Å². The Morgan fingerprint density at radius 2 is 1.78 bits per heavy atom. The third kappa shape index (κ3) is 2.85. The molecule has 1 aliphatic carbocycles. The first-order chi connectivity index (χ1) is 8.56. The molecule has 0 saturated heterocycles. The van der Waals surface area contributed by atoms with Gasteiger partial charge in [-0.2, -0.15) is 0 Å². The van der Waals surface area contributed by atoms with Crippen LogP contribution in [0.3, 0.4) is 0 Å². The van der Waals surface area contributed by atoms with Crippen molar-refractivity contribution in [3.8, 4) is 0 Å². The number of benzene rings is 1. The zero-order valence-electron chi connectivity index (χ0n) is 10.2. The van der Waals surface area contributed by atoms with Crippen molar-refractivity contribution in [3.05, 3.63) is 22.2 Å². The van der Waals surface area contributed by atoms with Gasteiger partial charge in [0.05, 0.1) is 33.6 Å². The fourth-order valence-corrected chi connectivity index (χ4v) is 2.84. The third-order valence-corrected chi connectivity index (χ3v) is 4.33. The van der Waals surface area contributed by atoms with E-state index in [0.717, 1.165) is 31.4 Å². The first kappa shape index (κ1) is 13.8. The average Bonchev–Trinajstić information content (AvgIpc) is 2.37. The number of aliphatic hydroxyl groups excluding tert-OH is 1. The van der Waals surface area contributed by atoms with E-state index in [9.17, 15) is 5.11 Å². The minimum atomic E-state index is -0.274. The summed E-state index contributed by atoms with van der Waals surface area (Å²) in [7, 11) is 0. The van der Waals surface area contributed by atoms with Gasteiger partial charge in [-0.25, -0.2) is 0 Å². The minimum absolute atomic E-state index is 0.104. The van der Waals surface area contributed by atoms with Crippen LogP contribution < -0.4 is 11.1 Å². The third-order valence-electron chi connectivity index (χ3n) is 3.61. The van der Waals surface area contributed by atoms with Crippen LogP contribution in [0, 0.1) is 0 Å². The van der Waals surface area contributed by atoms with E-state index in [1.165, 1.54) is 6.42 Å². The Balaban J connectivity index is 2.24. The predicted octanol–water partition coefficient (Wildman–Crippen LogP) is 3.68. The number of anilines is 2. The summed E-state index contributed by atoms with van der Waals surface area (Å²) in [6.07, 6.45) is 5.36. The van der Waals surface area contributed by atoms with Gasteiger partial charge in [-0.3, -0.25) is 0 Å². The van der Waals surface area contributed by atoms with Crippen molar-refractivity contribution in [2.45, 2.75) is 37.6 Å². The zero-order chi connectivity index (χ0) is 13.2. The summed E-state index contributed by atoms with van der Waals surface area (Å²) in [5, 5.41) is 13.9. The molecule has 5 heteroatoms. The van der Waals surface area contributed by atoms with E-state index in [2.05, 4.69) is 5.32 Å². The van der Waals surface area contributed by atoms with Gasteiger partial charge in [-0.15, -0.1) is 0 Å². The second-order valence-corrected chi connectivity index (χ2v) is 5.79. The monoisotopic (exact) mass is 288 g/mol. The molecule has 18 heavy (non-hydrogen) atoms. The molecule has 1 saturated carbocycles. The second kappa shape index (κ2) is 5.55.